The van der Waals surface area contributed by atoms with Crippen LogP contribution in [0.3, 0.4) is 0 Å². The van der Waals surface area contributed by atoms with Crippen LogP contribution in [0.25, 0.3) is 0 Å². The van der Waals surface area contributed by atoms with Crippen LogP contribution in [0, 0.1) is 12.7 Å². The van der Waals surface area contributed by atoms with Crippen LogP contribution in [0.2, 0.25) is 0 Å². The van der Waals surface area contributed by atoms with Crippen molar-refractivity contribution in [3.63, 3.8) is 0 Å². The summed E-state index contributed by atoms with van der Waals surface area (Å²) < 4.78 is 19.0. The van der Waals surface area contributed by atoms with Gasteiger partial charge in [0.1, 0.15) is 11.9 Å². The summed E-state index contributed by atoms with van der Waals surface area (Å²) in [4.78, 5) is 12.0. The highest BCUT2D eigenvalue weighted by molar-refractivity contribution is 5.77. The molecule has 0 saturated carbocycles. The van der Waals surface area contributed by atoms with Gasteiger partial charge in [0.15, 0.2) is 0 Å². The van der Waals surface area contributed by atoms with E-state index in [4.69, 9.17) is 4.74 Å². The van der Waals surface area contributed by atoms with Crippen LogP contribution >= 0.6 is 0 Å². The first-order chi connectivity index (χ1) is 8.99. The number of hydrogen-bond donors (Lipinski definition) is 1. The molecule has 3 nitrogen and oxygen atoms in total. The van der Waals surface area contributed by atoms with Crippen molar-refractivity contribution in [2.45, 2.75) is 46.2 Å². The fraction of sp³-hybridized carbons (Fsp3) is 0.533. The lowest BCUT2D eigenvalue weighted by atomic mass is 10.0. The quantitative estimate of drug-likeness (QED) is 0.805. The molecule has 0 amide bonds. The number of carbonyl (C=O) groups excluding carboxylic acids is 1. The fourth-order valence-electron chi connectivity index (χ4n) is 1.80. The zero-order chi connectivity index (χ0) is 14.4. The molecule has 0 aromatic heterocycles. The molecule has 0 aliphatic heterocycles. The molecule has 0 aliphatic carbocycles. The minimum absolute atomic E-state index is 0.106. The molecular formula is C15H22FNO2. The number of benzene rings is 1. The Labute approximate surface area is 114 Å². The summed E-state index contributed by atoms with van der Waals surface area (Å²) in [7, 11) is 0. The first-order valence-electron chi connectivity index (χ1n) is 6.68. The topological polar surface area (TPSA) is 38.3 Å². The third kappa shape index (κ3) is 4.31. The number of nitrogens with one attached hydrogen (secondary N) is 1. The van der Waals surface area contributed by atoms with Gasteiger partial charge in [0, 0.05) is 11.6 Å². The van der Waals surface area contributed by atoms with E-state index in [0.29, 0.717) is 5.56 Å². The molecule has 2 atom stereocenters. The Hall–Kier alpha value is -1.42. The van der Waals surface area contributed by atoms with Crippen LogP contribution in [0.1, 0.15) is 44.4 Å². The molecule has 106 valence electrons. The predicted molar refractivity (Wildman–Crippen MR) is 73.4 cm³/mol. The van der Waals surface area contributed by atoms with E-state index in [9.17, 15) is 9.18 Å². The largest absolute Gasteiger partial charge is 0.465 e. The van der Waals surface area contributed by atoms with Gasteiger partial charge >= 0.3 is 5.97 Å². The smallest absolute Gasteiger partial charge is 0.327 e. The zero-order valence-corrected chi connectivity index (χ0v) is 12.0. The lowest BCUT2D eigenvalue weighted by molar-refractivity contribution is -0.146. The van der Waals surface area contributed by atoms with E-state index in [1.54, 1.807) is 19.1 Å². The summed E-state index contributed by atoms with van der Waals surface area (Å²) in [6.45, 7) is 7.86. The minimum Gasteiger partial charge on any atom is -0.465 e. The molecule has 4 heteroatoms. The van der Waals surface area contributed by atoms with Crippen molar-refractivity contribution in [3.05, 3.63) is 35.1 Å². The Kier molecular flexibility index (Phi) is 5.96. The highest BCUT2D eigenvalue weighted by Crippen LogP contribution is 2.21. The lowest BCUT2D eigenvalue weighted by Crippen LogP contribution is -2.36. The second kappa shape index (κ2) is 7.24. The first-order valence-corrected chi connectivity index (χ1v) is 6.68. The molecule has 1 aromatic carbocycles. The van der Waals surface area contributed by atoms with Crippen LogP contribution in [0.4, 0.5) is 4.39 Å². The van der Waals surface area contributed by atoms with Crippen molar-refractivity contribution in [1.29, 1.82) is 0 Å². The summed E-state index contributed by atoms with van der Waals surface area (Å²) in [6, 6.07) is 4.11. The molecular weight excluding hydrogens is 245 g/mol. The van der Waals surface area contributed by atoms with Gasteiger partial charge in [-0.15, -0.1) is 0 Å². The van der Waals surface area contributed by atoms with Gasteiger partial charge in [-0.05, 0) is 33.3 Å². The van der Waals surface area contributed by atoms with E-state index in [-0.39, 0.29) is 18.5 Å². The highest BCUT2D eigenvalue weighted by atomic mass is 19.1. The van der Waals surface area contributed by atoms with Gasteiger partial charge < -0.3 is 4.74 Å². The van der Waals surface area contributed by atoms with Crippen molar-refractivity contribution in [1.82, 2.24) is 5.32 Å². The molecule has 0 radical (unpaired) electrons. The minimum atomic E-state index is -0.755. The van der Waals surface area contributed by atoms with Crippen LogP contribution < -0.4 is 5.32 Å². The maximum Gasteiger partial charge on any atom is 0.327 e. The summed E-state index contributed by atoms with van der Waals surface area (Å²) in [6.07, 6.45) is 0.851. The molecule has 0 fully saturated rings. The third-order valence-electron chi connectivity index (χ3n) is 3.05. The van der Waals surface area contributed by atoms with Gasteiger partial charge in [-0.2, -0.15) is 0 Å². The molecule has 0 aliphatic rings. The second-order valence-electron chi connectivity index (χ2n) is 4.69. The number of halogens is 1. The average Bonchev–Trinajstić information content (AvgIpc) is 2.39. The lowest BCUT2D eigenvalue weighted by Gasteiger charge is -2.22. The molecule has 19 heavy (non-hydrogen) atoms. The van der Waals surface area contributed by atoms with E-state index in [1.807, 2.05) is 20.8 Å². The van der Waals surface area contributed by atoms with Gasteiger partial charge in [-0.3, -0.25) is 5.32 Å². The molecule has 2 unspecified atom stereocenters. The molecule has 1 aromatic rings. The third-order valence-corrected chi connectivity index (χ3v) is 3.05. The van der Waals surface area contributed by atoms with Gasteiger partial charge in [0.05, 0.1) is 6.61 Å². The highest BCUT2D eigenvalue weighted by Gasteiger charge is 2.26. The van der Waals surface area contributed by atoms with Crippen molar-refractivity contribution in [2.75, 3.05) is 6.61 Å². The van der Waals surface area contributed by atoms with Gasteiger partial charge in [-0.1, -0.05) is 24.6 Å². The Balaban J connectivity index is 3.07. The van der Waals surface area contributed by atoms with Gasteiger partial charge in [0.2, 0.25) is 0 Å². The number of ether oxygens (including phenoxy) is 1. The molecule has 1 N–H and O–H groups in total. The number of carbonyl (C=O) groups is 1. The van der Waals surface area contributed by atoms with Crippen LogP contribution in [-0.4, -0.2) is 18.6 Å². The summed E-state index contributed by atoms with van der Waals surface area (Å²) in [5.74, 6) is -0.827. The predicted octanol–water partition coefficient (Wildman–Crippen LogP) is 3.13. The maximum absolute atomic E-state index is 13.9. The number of rotatable bonds is 6. The molecule has 0 saturated heterocycles. The number of esters is 1. The summed E-state index contributed by atoms with van der Waals surface area (Å²) in [5, 5.41) is 3.12. The number of aryl methyl sites for hydroxylation is 1. The standard InChI is InChI=1S/C15H22FNO2/c1-5-11(4)17-14(15(18)19-6-2)12-9-10(3)7-8-13(12)16/h7-9,11,14,17H,5-6H2,1-4H3. The normalized spacial score (nSPS) is 13.9. The molecule has 0 heterocycles. The maximum atomic E-state index is 13.9. The van der Waals surface area contributed by atoms with E-state index in [0.717, 1.165) is 12.0 Å². The van der Waals surface area contributed by atoms with E-state index in [2.05, 4.69) is 5.32 Å². The molecule has 0 spiro atoms. The first kappa shape index (κ1) is 15.6. The van der Waals surface area contributed by atoms with Gasteiger partial charge in [0.25, 0.3) is 0 Å². The van der Waals surface area contributed by atoms with Crippen molar-refractivity contribution in [3.8, 4) is 0 Å². The SMILES string of the molecule is CCOC(=O)C(NC(C)CC)c1cc(C)ccc1F. The van der Waals surface area contributed by atoms with Crippen molar-refractivity contribution in [2.24, 2.45) is 0 Å². The second-order valence-corrected chi connectivity index (χ2v) is 4.69. The van der Waals surface area contributed by atoms with E-state index < -0.39 is 12.0 Å². The van der Waals surface area contributed by atoms with Gasteiger partial charge in [-0.25, -0.2) is 9.18 Å². The van der Waals surface area contributed by atoms with Crippen LogP contribution in [0.5, 0.6) is 0 Å². The Morgan fingerprint density at radius 1 is 1.42 bits per heavy atom. The van der Waals surface area contributed by atoms with Crippen LogP contribution in [-0.2, 0) is 9.53 Å². The Bertz CT molecular complexity index is 434. The summed E-state index contributed by atoms with van der Waals surface area (Å²) in [5.41, 5.74) is 1.26. The molecule has 1 rings (SSSR count). The zero-order valence-electron chi connectivity index (χ0n) is 12.0. The van der Waals surface area contributed by atoms with E-state index in [1.165, 1.54) is 6.07 Å². The van der Waals surface area contributed by atoms with E-state index >= 15 is 0 Å². The Morgan fingerprint density at radius 2 is 2.11 bits per heavy atom. The monoisotopic (exact) mass is 267 g/mol. The van der Waals surface area contributed by atoms with Crippen molar-refractivity contribution >= 4 is 5.97 Å². The van der Waals surface area contributed by atoms with Crippen LogP contribution in [0.15, 0.2) is 18.2 Å². The molecule has 0 bridgehead atoms. The number of hydrogen-bond acceptors (Lipinski definition) is 3. The Morgan fingerprint density at radius 3 is 2.68 bits per heavy atom. The van der Waals surface area contributed by atoms with Crippen molar-refractivity contribution < 1.29 is 13.9 Å². The summed E-state index contributed by atoms with van der Waals surface area (Å²) >= 11 is 0. The average molecular weight is 267 g/mol. The fourth-order valence-corrected chi connectivity index (χ4v) is 1.80.